The number of halogens is 1. The monoisotopic (exact) mass is 184 g/mol. The van der Waals surface area contributed by atoms with Gasteiger partial charge in [0.15, 0.2) is 0 Å². The van der Waals surface area contributed by atoms with Gasteiger partial charge in [0.05, 0.1) is 11.4 Å². The first kappa shape index (κ1) is 8.93. The molecule has 0 saturated carbocycles. The van der Waals surface area contributed by atoms with Crippen molar-refractivity contribution in [1.29, 1.82) is 5.41 Å². The van der Waals surface area contributed by atoms with E-state index in [1.807, 2.05) is 6.92 Å². The van der Waals surface area contributed by atoms with Crippen LogP contribution in [0.5, 0.6) is 0 Å². The van der Waals surface area contributed by atoms with E-state index in [2.05, 4.69) is 15.3 Å². The molecule has 0 saturated heterocycles. The van der Waals surface area contributed by atoms with Crippen molar-refractivity contribution in [3.05, 3.63) is 17.7 Å². The molecule has 0 radical (unpaired) electrons. The molecule has 0 aliphatic rings. The van der Waals surface area contributed by atoms with Crippen LogP contribution in [0.15, 0.2) is 6.33 Å². The van der Waals surface area contributed by atoms with Crippen molar-refractivity contribution in [2.75, 3.05) is 12.4 Å². The second-order valence-electron chi connectivity index (χ2n) is 2.25. The molecule has 5 heteroatoms. The second kappa shape index (κ2) is 3.49. The standard InChI is InChI=1S/C7H9ClN4/c1-4-5(10-2)6(7(8)9)12-3-11-4/h3,9-10H,1-2H3. The molecule has 1 heterocycles. The van der Waals surface area contributed by atoms with E-state index >= 15 is 0 Å². The lowest BCUT2D eigenvalue weighted by Crippen LogP contribution is -2.05. The molecule has 0 unspecified atom stereocenters. The Kier molecular flexibility index (Phi) is 2.60. The van der Waals surface area contributed by atoms with Gasteiger partial charge in [0.25, 0.3) is 0 Å². The summed E-state index contributed by atoms with van der Waals surface area (Å²) in [5.41, 5.74) is 1.93. The van der Waals surface area contributed by atoms with Crippen molar-refractivity contribution >= 4 is 22.5 Å². The van der Waals surface area contributed by atoms with Crippen molar-refractivity contribution in [3.63, 3.8) is 0 Å². The topological polar surface area (TPSA) is 61.7 Å². The highest BCUT2D eigenvalue weighted by Gasteiger charge is 2.08. The zero-order chi connectivity index (χ0) is 9.14. The first-order valence-corrected chi connectivity index (χ1v) is 3.78. The van der Waals surface area contributed by atoms with Gasteiger partial charge in [0.2, 0.25) is 0 Å². The summed E-state index contributed by atoms with van der Waals surface area (Å²) < 4.78 is 0. The van der Waals surface area contributed by atoms with Gasteiger partial charge in [-0.3, -0.25) is 5.41 Å². The molecule has 0 atom stereocenters. The van der Waals surface area contributed by atoms with Gasteiger partial charge >= 0.3 is 0 Å². The lowest BCUT2D eigenvalue weighted by Gasteiger charge is -2.06. The average molecular weight is 185 g/mol. The largest absolute Gasteiger partial charge is 0.385 e. The van der Waals surface area contributed by atoms with Crippen LogP contribution in [0.4, 0.5) is 5.69 Å². The highest BCUT2D eigenvalue weighted by atomic mass is 35.5. The molecule has 64 valence electrons. The van der Waals surface area contributed by atoms with Crippen LogP contribution in [0.2, 0.25) is 0 Å². The molecular weight excluding hydrogens is 176 g/mol. The van der Waals surface area contributed by atoms with E-state index in [1.54, 1.807) is 7.05 Å². The SMILES string of the molecule is CNc1c(C)ncnc1C(=N)Cl. The number of rotatable bonds is 2. The lowest BCUT2D eigenvalue weighted by molar-refractivity contribution is 1.09. The summed E-state index contributed by atoms with van der Waals surface area (Å²) >= 11 is 5.51. The van der Waals surface area contributed by atoms with Gasteiger partial charge in [-0.15, -0.1) is 0 Å². The fourth-order valence-electron chi connectivity index (χ4n) is 0.939. The molecule has 0 aromatic carbocycles. The summed E-state index contributed by atoms with van der Waals surface area (Å²) in [7, 11) is 1.75. The Labute approximate surface area is 75.5 Å². The van der Waals surface area contributed by atoms with E-state index in [4.69, 9.17) is 17.0 Å². The van der Waals surface area contributed by atoms with E-state index in [9.17, 15) is 0 Å². The fourth-order valence-corrected chi connectivity index (χ4v) is 1.08. The van der Waals surface area contributed by atoms with Crippen LogP contribution in [-0.2, 0) is 0 Å². The van der Waals surface area contributed by atoms with Crippen LogP contribution in [0, 0.1) is 12.3 Å². The number of aryl methyl sites for hydroxylation is 1. The van der Waals surface area contributed by atoms with Crippen molar-refractivity contribution in [2.24, 2.45) is 0 Å². The molecule has 0 spiro atoms. The van der Waals surface area contributed by atoms with E-state index < -0.39 is 0 Å². The molecule has 2 N–H and O–H groups in total. The molecule has 4 nitrogen and oxygen atoms in total. The van der Waals surface area contributed by atoms with Crippen molar-refractivity contribution < 1.29 is 0 Å². The van der Waals surface area contributed by atoms with Gasteiger partial charge in [-0.1, -0.05) is 11.6 Å². The van der Waals surface area contributed by atoms with E-state index in [-0.39, 0.29) is 5.17 Å². The summed E-state index contributed by atoms with van der Waals surface area (Å²) in [6.45, 7) is 1.83. The minimum Gasteiger partial charge on any atom is -0.385 e. The summed E-state index contributed by atoms with van der Waals surface area (Å²) in [6, 6.07) is 0. The Morgan fingerprint density at radius 3 is 2.67 bits per heavy atom. The van der Waals surface area contributed by atoms with E-state index in [0.29, 0.717) is 11.4 Å². The highest BCUT2D eigenvalue weighted by molar-refractivity contribution is 6.68. The van der Waals surface area contributed by atoms with Gasteiger partial charge in [-0.2, -0.15) is 0 Å². The number of hydrogen-bond donors (Lipinski definition) is 2. The normalized spacial score (nSPS) is 9.58. The molecule has 0 amide bonds. The molecule has 1 aromatic heterocycles. The molecule has 0 fully saturated rings. The summed E-state index contributed by atoms with van der Waals surface area (Å²) in [4.78, 5) is 7.84. The smallest absolute Gasteiger partial charge is 0.149 e. The molecular formula is C7H9ClN4. The van der Waals surface area contributed by atoms with Crippen LogP contribution >= 0.6 is 11.6 Å². The minimum atomic E-state index is -0.0788. The predicted molar refractivity (Wildman–Crippen MR) is 49.0 cm³/mol. The van der Waals surface area contributed by atoms with Crippen LogP contribution in [0.1, 0.15) is 11.4 Å². The molecule has 1 aromatic rings. The number of anilines is 1. The second-order valence-corrected chi connectivity index (χ2v) is 2.62. The first-order chi connectivity index (χ1) is 5.66. The minimum absolute atomic E-state index is 0.0788. The highest BCUT2D eigenvalue weighted by Crippen LogP contribution is 2.16. The van der Waals surface area contributed by atoms with Crippen molar-refractivity contribution in [2.45, 2.75) is 6.92 Å². The molecule has 0 aliphatic heterocycles. The Morgan fingerprint density at radius 1 is 1.58 bits per heavy atom. The third-order valence-electron chi connectivity index (χ3n) is 1.49. The number of aromatic nitrogens is 2. The summed E-state index contributed by atoms with van der Waals surface area (Å²) in [6.07, 6.45) is 1.39. The van der Waals surface area contributed by atoms with Gasteiger partial charge in [0, 0.05) is 7.05 Å². The van der Waals surface area contributed by atoms with Crippen LogP contribution in [-0.4, -0.2) is 22.2 Å². The van der Waals surface area contributed by atoms with Crippen molar-refractivity contribution in [3.8, 4) is 0 Å². The number of hydrogen-bond acceptors (Lipinski definition) is 4. The summed E-state index contributed by atoms with van der Waals surface area (Å²) in [5, 5.41) is 10.0. The van der Waals surface area contributed by atoms with Crippen LogP contribution < -0.4 is 5.32 Å². The van der Waals surface area contributed by atoms with Gasteiger partial charge < -0.3 is 5.32 Å². The zero-order valence-electron chi connectivity index (χ0n) is 6.85. The number of nitrogens with zero attached hydrogens (tertiary/aromatic N) is 2. The first-order valence-electron chi connectivity index (χ1n) is 3.40. The Morgan fingerprint density at radius 2 is 2.25 bits per heavy atom. The van der Waals surface area contributed by atoms with Gasteiger partial charge in [0.1, 0.15) is 17.2 Å². The van der Waals surface area contributed by atoms with E-state index in [1.165, 1.54) is 6.33 Å². The van der Waals surface area contributed by atoms with Gasteiger partial charge in [-0.25, -0.2) is 9.97 Å². The molecule has 0 bridgehead atoms. The molecule has 12 heavy (non-hydrogen) atoms. The Balaban J connectivity index is 3.27. The van der Waals surface area contributed by atoms with Crippen LogP contribution in [0.3, 0.4) is 0 Å². The third-order valence-corrected chi connectivity index (χ3v) is 1.67. The average Bonchev–Trinajstić information content (AvgIpc) is 2.03. The van der Waals surface area contributed by atoms with Crippen molar-refractivity contribution in [1.82, 2.24) is 9.97 Å². The maximum atomic E-state index is 7.21. The summed E-state index contributed by atoms with van der Waals surface area (Å²) in [5.74, 6) is 0. The molecule has 0 aliphatic carbocycles. The Bertz CT molecular complexity index is 310. The Hall–Kier alpha value is -1.16. The predicted octanol–water partition coefficient (Wildman–Crippen LogP) is 1.39. The zero-order valence-corrected chi connectivity index (χ0v) is 7.61. The number of nitrogens with one attached hydrogen (secondary N) is 2. The van der Waals surface area contributed by atoms with Gasteiger partial charge in [-0.05, 0) is 6.92 Å². The van der Waals surface area contributed by atoms with E-state index in [0.717, 1.165) is 5.69 Å². The lowest BCUT2D eigenvalue weighted by atomic mass is 10.3. The fraction of sp³-hybridized carbons (Fsp3) is 0.286. The maximum absolute atomic E-state index is 7.21. The molecule has 1 rings (SSSR count). The third kappa shape index (κ3) is 1.53. The quantitative estimate of drug-likeness (QED) is 0.683. The maximum Gasteiger partial charge on any atom is 0.149 e. The van der Waals surface area contributed by atoms with Crippen LogP contribution in [0.25, 0.3) is 0 Å².